The topological polar surface area (TPSA) is 15.3 Å². The molecule has 0 saturated heterocycles. The van der Waals surface area contributed by atoms with Gasteiger partial charge in [0, 0.05) is 19.1 Å². The van der Waals surface area contributed by atoms with Gasteiger partial charge in [0.05, 0.1) is 4.47 Å². The third-order valence-corrected chi connectivity index (χ3v) is 3.84. The van der Waals surface area contributed by atoms with Crippen LogP contribution in [-0.4, -0.2) is 31.6 Å². The molecule has 102 valence electrons. The number of halogens is 2. The predicted octanol–water partition coefficient (Wildman–Crippen LogP) is 3.26. The fraction of sp³-hybridized carbons (Fsp3) is 0.571. The molecule has 0 fully saturated rings. The third kappa shape index (κ3) is 4.67. The molecule has 2 nitrogen and oxygen atoms in total. The molecule has 0 amide bonds. The van der Waals surface area contributed by atoms with Crippen molar-refractivity contribution in [3.63, 3.8) is 0 Å². The van der Waals surface area contributed by atoms with Crippen LogP contribution in [0, 0.1) is 11.7 Å². The summed E-state index contributed by atoms with van der Waals surface area (Å²) in [7, 11) is 4.13. The quantitative estimate of drug-likeness (QED) is 0.866. The monoisotopic (exact) mass is 316 g/mol. The molecular formula is C14H22BrFN2. The maximum Gasteiger partial charge on any atom is 0.137 e. The first-order valence-electron chi connectivity index (χ1n) is 6.22. The molecule has 4 heteroatoms. The molecule has 1 N–H and O–H groups in total. The van der Waals surface area contributed by atoms with Gasteiger partial charge < -0.3 is 10.2 Å². The standard InChI is InChI=1S/C14H22BrFN2/c1-10(2)13(9-18(3)4)17-8-11-6-5-7-12(16)14(11)15/h5-7,10,13,17H,8-9H2,1-4H3. The van der Waals surface area contributed by atoms with Gasteiger partial charge in [0.15, 0.2) is 0 Å². The molecule has 0 aliphatic carbocycles. The van der Waals surface area contributed by atoms with Gasteiger partial charge in [-0.25, -0.2) is 4.39 Å². The van der Waals surface area contributed by atoms with Gasteiger partial charge in [-0.05, 0) is 47.6 Å². The molecule has 0 radical (unpaired) electrons. The van der Waals surface area contributed by atoms with Crippen LogP contribution < -0.4 is 5.32 Å². The smallest absolute Gasteiger partial charge is 0.137 e. The minimum atomic E-state index is -0.206. The lowest BCUT2D eigenvalue weighted by Crippen LogP contribution is -2.41. The Hall–Kier alpha value is -0.450. The van der Waals surface area contributed by atoms with Crippen LogP contribution in [0.2, 0.25) is 0 Å². The minimum Gasteiger partial charge on any atom is -0.308 e. The van der Waals surface area contributed by atoms with Crippen molar-refractivity contribution in [1.82, 2.24) is 10.2 Å². The van der Waals surface area contributed by atoms with Gasteiger partial charge >= 0.3 is 0 Å². The Bertz CT molecular complexity index is 380. The summed E-state index contributed by atoms with van der Waals surface area (Å²) in [6, 6.07) is 5.55. The summed E-state index contributed by atoms with van der Waals surface area (Å²) < 4.78 is 13.9. The van der Waals surface area contributed by atoms with Crippen molar-refractivity contribution in [2.75, 3.05) is 20.6 Å². The summed E-state index contributed by atoms with van der Waals surface area (Å²) in [6.45, 7) is 6.04. The molecule has 0 spiro atoms. The van der Waals surface area contributed by atoms with Gasteiger partial charge in [-0.1, -0.05) is 26.0 Å². The van der Waals surface area contributed by atoms with Crippen molar-refractivity contribution in [1.29, 1.82) is 0 Å². The first-order chi connectivity index (χ1) is 8.41. The zero-order chi connectivity index (χ0) is 13.7. The lowest BCUT2D eigenvalue weighted by Gasteiger charge is -2.26. The predicted molar refractivity (Wildman–Crippen MR) is 78.1 cm³/mol. The van der Waals surface area contributed by atoms with Gasteiger partial charge in [-0.3, -0.25) is 0 Å². The van der Waals surface area contributed by atoms with Crippen LogP contribution in [0.4, 0.5) is 4.39 Å². The van der Waals surface area contributed by atoms with E-state index in [1.54, 1.807) is 6.07 Å². The van der Waals surface area contributed by atoms with Crippen LogP contribution >= 0.6 is 15.9 Å². The third-order valence-electron chi connectivity index (χ3n) is 2.95. The molecule has 0 aliphatic rings. The molecule has 1 rings (SSSR count). The Morgan fingerprint density at radius 1 is 1.33 bits per heavy atom. The normalized spacial score (nSPS) is 13.3. The second-order valence-corrected chi connectivity index (χ2v) is 6.00. The maximum absolute atomic E-state index is 13.4. The molecule has 0 heterocycles. The highest BCUT2D eigenvalue weighted by atomic mass is 79.9. The summed E-state index contributed by atoms with van der Waals surface area (Å²) in [5.41, 5.74) is 0.958. The lowest BCUT2D eigenvalue weighted by atomic mass is 10.0. The van der Waals surface area contributed by atoms with Crippen LogP contribution in [0.15, 0.2) is 22.7 Å². The van der Waals surface area contributed by atoms with Crippen molar-refractivity contribution in [2.24, 2.45) is 5.92 Å². The van der Waals surface area contributed by atoms with Gasteiger partial charge in [-0.15, -0.1) is 0 Å². The highest BCUT2D eigenvalue weighted by molar-refractivity contribution is 9.10. The first-order valence-corrected chi connectivity index (χ1v) is 7.02. The number of rotatable bonds is 6. The molecule has 0 bridgehead atoms. The fourth-order valence-electron chi connectivity index (χ4n) is 1.83. The molecule has 0 aliphatic heterocycles. The molecule has 0 saturated carbocycles. The molecule has 1 atom stereocenters. The average molecular weight is 317 g/mol. The molecule has 18 heavy (non-hydrogen) atoms. The van der Waals surface area contributed by atoms with E-state index >= 15 is 0 Å². The number of hydrogen-bond donors (Lipinski definition) is 1. The van der Waals surface area contributed by atoms with E-state index in [2.05, 4.69) is 54.1 Å². The van der Waals surface area contributed by atoms with E-state index in [1.807, 2.05) is 6.07 Å². The second kappa shape index (κ2) is 7.22. The van der Waals surface area contributed by atoms with E-state index < -0.39 is 0 Å². The van der Waals surface area contributed by atoms with Crippen molar-refractivity contribution < 1.29 is 4.39 Å². The van der Waals surface area contributed by atoms with Crippen LogP contribution in [0.25, 0.3) is 0 Å². The van der Waals surface area contributed by atoms with E-state index in [0.717, 1.165) is 12.1 Å². The van der Waals surface area contributed by atoms with E-state index in [9.17, 15) is 4.39 Å². The Morgan fingerprint density at radius 3 is 2.56 bits per heavy atom. The summed E-state index contributed by atoms with van der Waals surface area (Å²) in [5.74, 6) is 0.336. The van der Waals surface area contributed by atoms with Gasteiger partial charge in [0.2, 0.25) is 0 Å². The Morgan fingerprint density at radius 2 is 2.00 bits per heavy atom. The van der Waals surface area contributed by atoms with Crippen molar-refractivity contribution in [2.45, 2.75) is 26.4 Å². The summed E-state index contributed by atoms with van der Waals surface area (Å²) in [6.07, 6.45) is 0. The number of nitrogens with one attached hydrogen (secondary N) is 1. The van der Waals surface area contributed by atoms with Gasteiger partial charge in [0.25, 0.3) is 0 Å². The minimum absolute atomic E-state index is 0.206. The number of nitrogens with zero attached hydrogens (tertiary/aromatic N) is 1. The molecule has 1 aromatic rings. The Labute approximate surface area is 118 Å². The van der Waals surface area contributed by atoms with Crippen LogP contribution in [0.3, 0.4) is 0 Å². The van der Waals surface area contributed by atoms with E-state index in [1.165, 1.54) is 6.07 Å². The highest BCUT2D eigenvalue weighted by Gasteiger charge is 2.14. The van der Waals surface area contributed by atoms with E-state index in [4.69, 9.17) is 0 Å². The van der Waals surface area contributed by atoms with Gasteiger partial charge in [-0.2, -0.15) is 0 Å². The van der Waals surface area contributed by atoms with Crippen molar-refractivity contribution >= 4 is 15.9 Å². The van der Waals surface area contributed by atoms with Crippen LogP contribution in [0.1, 0.15) is 19.4 Å². The highest BCUT2D eigenvalue weighted by Crippen LogP contribution is 2.20. The fourth-order valence-corrected chi connectivity index (χ4v) is 2.24. The van der Waals surface area contributed by atoms with Crippen LogP contribution in [-0.2, 0) is 6.54 Å². The number of likely N-dealkylation sites (N-methyl/N-ethyl adjacent to an activating group) is 1. The lowest BCUT2D eigenvalue weighted by molar-refractivity contribution is 0.288. The maximum atomic E-state index is 13.4. The SMILES string of the molecule is CC(C)C(CN(C)C)NCc1cccc(F)c1Br. The van der Waals surface area contributed by atoms with E-state index in [0.29, 0.717) is 23.0 Å². The zero-order valence-electron chi connectivity index (χ0n) is 11.5. The average Bonchev–Trinajstić information content (AvgIpc) is 2.28. The number of hydrogen-bond acceptors (Lipinski definition) is 2. The largest absolute Gasteiger partial charge is 0.308 e. The van der Waals surface area contributed by atoms with E-state index in [-0.39, 0.29) is 5.82 Å². The Kier molecular flexibility index (Phi) is 6.26. The first kappa shape index (κ1) is 15.6. The zero-order valence-corrected chi connectivity index (χ0v) is 13.1. The second-order valence-electron chi connectivity index (χ2n) is 5.21. The number of benzene rings is 1. The molecule has 1 unspecified atom stereocenters. The summed E-state index contributed by atoms with van der Waals surface area (Å²) in [4.78, 5) is 2.16. The van der Waals surface area contributed by atoms with Gasteiger partial charge in [0.1, 0.15) is 5.82 Å². The molecule has 0 aromatic heterocycles. The van der Waals surface area contributed by atoms with Crippen molar-refractivity contribution in [3.8, 4) is 0 Å². The van der Waals surface area contributed by atoms with Crippen LogP contribution in [0.5, 0.6) is 0 Å². The molecule has 1 aromatic carbocycles. The Balaban J connectivity index is 2.64. The summed E-state index contributed by atoms with van der Waals surface area (Å²) >= 11 is 3.29. The van der Waals surface area contributed by atoms with Crippen molar-refractivity contribution in [3.05, 3.63) is 34.1 Å². The summed E-state index contributed by atoms with van der Waals surface area (Å²) in [5, 5.41) is 3.50. The molecular weight excluding hydrogens is 295 g/mol.